The second-order valence-electron chi connectivity index (χ2n) is 3.28. The van der Waals surface area contributed by atoms with Crippen LogP contribution in [0.2, 0.25) is 0 Å². The minimum Gasteiger partial charge on any atom is -0.445 e. The van der Waals surface area contributed by atoms with Crippen molar-refractivity contribution < 1.29 is 21.7 Å². The molecule has 1 heterocycles. The molecule has 0 aliphatic heterocycles. The normalized spacial score (nSPS) is 12.6. The number of hydrogen-bond donors (Lipinski definition) is 0. The minimum atomic E-state index is -5.12. The number of alkyl halides is 2. The van der Waals surface area contributed by atoms with Crippen LogP contribution in [0.3, 0.4) is 0 Å². The van der Waals surface area contributed by atoms with Gasteiger partial charge in [-0.25, -0.2) is 4.68 Å². The fraction of sp³-hybridized carbons (Fsp3) is 0.125. The van der Waals surface area contributed by atoms with E-state index < -0.39 is 19.0 Å². The van der Waals surface area contributed by atoms with E-state index in [1.54, 1.807) is 0 Å². The van der Waals surface area contributed by atoms with Crippen LogP contribution in [0.15, 0.2) is 24.4 Å². The van der Waals surface area contributed by atoms with Gasteiger partial charge in [-0.3, -0.25) is 0 Å². The molecule has 0 unspecified atom stereocenters. The minimum absolute atomic E-state index is 0.0528. The molecule has 2 rings (SSSR count). The molecule has 0 fully saturated rings. The first-order valence-electron chi connectivity index (χ1n) is 4.35. The predicted molar refractivity (Wildman–Crippen MR) is 49.7 cm³/mol. The molecule has 0 spiro atoms. The first-order valence-corrected chi connectivity index (χ1v) is 4.35. The molecular formula is C8H5BF5N2-. The van der Waals surface area contributed by atoms with Crippen molar-refractivity contribution in [1.29, 1.82) is 0 Å². The summed E-state index contributed by atoms with van der Waals surface area (Å²) in [5, 5.41) is 3.49. The highest BCUT2D eigenvalue weighted by Crippen LogP contribution is 2.18. The molecule has 0 amide bonds. The second-order valence-corrected chi connectivity index (χ2v) is 3.28. The molecule has 86 valence electrons. The number of nitrogens with zero attached hydrogens (tertiary/aromatic N) is 2. The largest absolute Gasteiger partial charge is 0.509 e. The summed E-state index contributed by atoms with van der Waals surface area (Å²) in [7, 11) is 0. The van der Waals surface area contributed by atoms with Crippen molar-refractivity contribution in [1.82, 2.24) is 9.78 Å². The summed E-state index contributed by atoms with van der Waals surface area (Å²) in [4.78, 5) is 0. The average Bonchev–Trinajstić information content (AvgIpc) is 2.58. The summed E-state index contributed by atoms with van der Waals surface area (Å²) in [6.45, 7) is -7.97. The maximum Gasteiger partial charge on any atom is 0.509 e. The lowest BCUT2D eigenvalue weighted by molar-refractivity contribution is 0.0574. The fourth-order valence-corrected chi connectivity index (χ4v) is 1.37. The van der Waals surface area contributed by atoms with Gasteiger partial charge in [0.1, 0.15) is 0 Å². The van der Waals surface area contributed by atoms with Gasteiger partial charge in [0, 0.05) is 11.6 Å². The highest BCUT2D eigenvalue weighted by atomic mass is 19.4. The molecule has 0 bridgehead atoms. The SMILES string of the molecule is FC(F)n1cc2cc([B-](F)(F)F)ccc2n1. The number of halogens is 5. The van der Waals surface area contributed by atoms with E-state index >= 15 is 0 Å². The van der Waals surface area contributed by atoms with Crippen molar-refractivity contribution in [2.75, 3.05) is 0 Å². The molecular weight excluding hydrogens is 230 g/mol. The maximum atomic E-state index is 12.4. The van der Waals surface area contributed by atoms with E-state index in [1.807, 2.05) is 0 Å². The zero-order valence-electron chi connectivity index (χ0n) is 7.75. The number of aromatic nitrogens is 2. The third-order valence-corrected chi connectivity index (χ3v) is 2.12. The summed E-state index contributed by atoms with van der Waals surface area (Å²) in [6, 6.07) is 2.74. The van der Waals surface area contributed by atoms with Crippen molar-refractivity contribution >= 4 is 23.3 Å². The van der Waals surface area contributed by atoms with Crippen molar-refractivity contribution in [3.8, 4) is 0 Å². The summed E-state index contributed by atoms with van der Waals surface area (Å²) in [5.41, 5.74) is -0.703. The highest BCUT2D eigenvalue weighted by molar-refractivity contribution is 6.73. The lowest BCUT2D eigenvalue weighted by Crippen LogP contribution is -2.33. The summed E-state index contributed by atoms with van der Waals surface area (Å²) < 4.78 is 61.9. The van der Waals surface area contributed by atoms with Crippen LogP contribution < -0.4 is 5.46 Å². The average molecular weight is 235 g/mol. The Kier molecular flexibility index (Phi) is 2.36. The molecule has 1 aromatic heterocycles. The van der Waals surface area contributed by atoms with Crippen molar-refractivity contribution in [2.24, 2.45) is 0 Å². The molecule has 0 aliphatic rings. The van der Waals surface area contributed by atoms with Crippen LogP contribution in [0.5, 0.6) is 0 Å². The van der Waals surface area contributed by atoms with Gasteiger partial charge in [-0.1, -0.05) is 12.1 Å². The zero-order chi connectivity index (χ0) is 11.9. The molecule has 0 saturated carbocycles. The number of rotatable bonds is 2. The van der Waals surface area contributed by atoms with E-state index in [9.17, 15) is 21.7 Å². The number of benzene rings is 1. The van der Waals surface area contributed by atoms with Crippen LogP contribution in [-0.4, -0.2) is 16.8 Å². The number of hydrogen-bond acceptors (Lipinski definition) is 1. The van der Waals surface area contributed by atoms with Gasteiger partial charge in [-0.05, 0) is 6.07 Å². The first-order chi connectivity index (χ1) is 7.38. The Morgan fingerprint density at radius 2 is 1.88 bits per heavy atom. The Labute approximate surface area is 86.7 Å². The van der Waals surface area contributed by atoms with Crippen molar-refractivity contribution in [3.05, 3.63) is 24.4 Å². The van der Waals surface area contributed by atoms with Gasteiger partial charge in [0.25, 0.3) is 0 Å². The number of fused-ring (bicyclic) bond motifs is 1. The van der Waals surface area contributed by atoms with Gasteiger partial charge in [-0.15, -0.1) is 5.46 Å². The molecule has 0 N–H and O–H groups in total. The van der Waals surface area contributed by atoms with Crippen LogP contribution in [0.4, 0.5) is 21.7 Å². The topological polar surface area (TPSA) is 17.8 Å². The van der Waals surface area contributed by atoms with Crippen LogP contribution >= 0.6 is 0 Å². The van der Waals surface area contributed by atoms with Crippen LogP contribution in [-0.2, 0) is 0 Å². The van der Waals surface area contributed by atoms with E-state index in [1.165, 1.54) is 0 Å². The molecule has 2 nitrogen and oxygen atoms in total. The molecule has 0 radical (unpaired) electrons. The van der Waals surface area contributed by atoms with E-state index in [-0.39, 0.29) is 10.9 Å². The van der Waals surface area contributed by atoms with E-state index in [0.717, 1.165) is 24.4 Å². The third kappa shape index (κ3) is 1.87. The summed E-state index contributed by atoms with van der Waals surface area (Å²) in [6.07, 6.45) is 0.894. The summed E-state index contributed by atoms with van der Waals surface area (Å²) >= 11 is 0. The lowest BCUT2D eigenvalue weighted by Gasteiger charge is -2.13. The molecule has 8 heteroatoms. The quantitative estimate of drug-likeness (QED) is 0.577. The Balaban J connectivity index is 2.54. The van der Waals surface area contributed by atoms with E-state index in [2.05, 4.69) is 5.10 Å². The Bertz CT molecular complexity index is 519. The highest BCUT2D eigenvalue weighted by Gasteiger charge is 2.25. The van der Waals surface area contributed by atoms with Gasteiger partial charge >= 0.3 is 13.5 Å². The maximum absolute atomic E-state index is 12.4. The van der Waals surface area contributed by atoms with Gasteiger partial charge in [0.2, 0.25) is 0 Å². The second kappa shape index (κ2) is 3.46. The van der Waals surface area contributed by atoms with Gasteiger partial charge in [0.15, 0.2) is 0 Å². The Morgan fingerprint density at radius 3 is 2.44 bits per heavy atom. The molecule has 0 aliphatic carbocycles. The van der Waals surface area contributed by atoms with E-state index in [0.29, 0.717) is 4.68 Å². The molecule has 0 saturated heterocycles. The smallest absolute Gasteiger partial charge is 0.445 e. The summed E-state index contributed by atoms with van der Waals surface area (Å²) in [5.74, 6) is 0. The Morgan fingerprint density at radius 1 is 1.19 bits per heavy atom. The van der Waals surface area contributed by atoms with Crippen LogP contribution in [0.1, 0.15) is 6.55 Å². The third-order valence-electron chi connectivity index (χ3n) is 2.12. The standard InChI is InChI=1S/C8H5BF5N2/c10-8(11)16-4-5-3-6(9(12,13)14)1-2-7(5)15-16/h1-4,8H/q-1. The monoisotopic (exact) mass is 235 g/mol. The van der Waals surface area contributed by atoms with Gasteiger partial charge in [0.05, 0.1) is 5.52 Å². The van der Waals surface area contributed by atoms with Crippen LogP contribution in [0, 0.1) is 0 Å². The molecule has 0 atom stereocenters. The van der Waals surface area contributed by atoms with Gasteiger partial charge < -0.3 is 12.9 Å². The molecule has 2 aromatic rings. The van der Waals surface area contributed by atoms with Crippen LogP contribution in [0.25, 0.3) is 10.9 Å². The Hall–Kier alpha value is -1.60. The van der Waals surface area contributed by atoms with Crippen molar-refractivity contribution in [3.63, 3.8) is 0 Å². The first kappa shape index (κ1) is 10.9. The fourth-order valence-electron chi connectivity index (χ4n) is 1.37. The predicted octanol–water partition coefficient (Wildman–Crippen LogP) is 2.49. The van der Waals surface area contributed by atoms with E-state index in [4.69, 9.17) is 0 Å². The molecule has 1 aromatic carbocycles. The van der Waals surface area contributed by atoms with Gasteiger partial charge in [-0.2, -0.15) is 13.9 Å². The lowest BCUT2D eigenvalue weighted by atomic mass is 9.80. The molecule has 16 heavy (non-hydrogen) atoms. The zero-order valence-corrected chi connectivity index (χ0v) is 7.75. The van der Waals surface area contributed by atoms with Crippen molar-refractivity contribution in [2.45, 2.75) is 6.55 Å².